The van der Waals surface area contributed by atoms with E-state index in [1.807, 2.05) is 29.1 Å². The van der Waals surface area contributed by atoms with Crippen molar-refractivity contribution in [2.24, 2.45) is 0 Å². The Bertz CT molecular complexity index is 611. The fraction of sp³-hybridized carbons (Fsp3) is 0.429. The van der Waals surface area contributed by atoms with Crippen molar-refractivity contribution in [3.63, 3.8) is 0 Å². The van der Waals surface area contributed by atoms with E-state index in [-0.39, 0.29) is 11.9 Å². The van der Waals surface area contributed by atoms with Crippen LogP contribution in [-0.2, 0) is 17.8 Å². The molecule has 2 aliphatic rings. The van der Waals surface area contributed by atoms with Crippen molar-refractivity contribution in [3.05, 3.63) is 33.7 Å². The highest BCUT2D eigenvalue weighted by atomic mass is 32.1. The first-order valence-electron chi connectivity index (χ1n) is 6.83. The molecule has 1 atom stereocenters. The minimum atomic E-state index is -0.494. The lowest BCUT2D eigenvalue weighted by molar-refractivity contribution is -0.136. The average Bonchev–Trinajstić information content (AvgIpc) is 3.10. The number of thiophene rings is 1. The Morgan fingerprint density at radius 2 is 2.29 bits per heavy atom. The van der Waals surface area contributed by atoms with Crippen LogP contribution < -0.4 is 5.48 Å². The fourth-order valence-corrected chi connectivity index (χ4v) is 3.90. The Hall–Kier alpha value is -1.86. The Kier molecular flexibility index (Phi) is 3.69. The lowest BCUT2D eigenvalue weighted by atomic mass is 10.1. The molecule has 0 saturated heterocycles. The van der Waals surface area contributed by atoms with Crippen LogP contribution in [0.4, 0.5) is 0 Å². The molecule has 1 unspecified atom stereocenters. The van der Waals surface area contributed by atoms with Crippen molar-refractivity contribution in [2.45, 2.75) is 25.4 Å². The van der Waals surface area contributed by atoms with Crippen molar-refractivity contribution in [1.82, 2.24) is 15.3 Å². The van der Waals surface area contributed by atoms with Gasteiger partial charge < -0.3 is 9.80 Å². The van der Waals surface area contributed by atoms with Crippen molar-refractivity contribution >= 4 is 23.2 Å². The SMILES string of the molecule is CN1C=CCC1C(=O)N1CCc2cc(C(=O)NO)sc2C1. The minimum absolute atomic E-state index is 0.105. The van der Waals surface area contributed by atoms with Gasteiger partial charge in [0.2, 0.25) is 5.91 Å². The summed E-state index contributed by atoms with van der Waals surface area (Å²) in [6, 6.07) is 1.70. The minimum Gasteiger partial charge on any atom is -0.369 e. The number of carbonyl (C=O) groups excluding carboxylic acids is 2. The van der Waals surface area contributed by atoms with Crippen LogP contribution in [0.1, 0.15) is 26.5 Å². The van der Waals surface area contributed by atoms with Crippen LogP contribution in [0.2, 0.25) is 0 Å². The van der Waals surface area contributed by atoms with Gasteiger partial charge in [-0.1, -0.05) is 6.08 Å². The van der Waals surface area contributed by atoms with E-state index in [2.05, 4.69) is 0 Å². The number of amides is 2. The number of nitrogens with zero attached hydrogens (tertiary/aromatic N) is 2. The van der Waals surface area contributed by atoms with E-state index < -0.39 is 5.91 Å². The summed E-state index contributed by atoms with van der Waals surface area (Å²) < 4.78 is 0. The van der Waals surface area contributed by atoms with Gasteiger partial charge in [0.15, 0.2) is 0 Å². The first-order chi connectivity index (χ1) is 10.1. The maximum Gasteiger partial charge on any atom is 0.284 e. The Morgan fingerprint density at radius 3 is 2.95 bits per heavy atom. The summed E-state index contributed by atoms with van der Waals surface area (Å²) >= 11 is 1.34. The standard InChI is InChI=1S/C14H17N3O3S/c1-16-5-2-3-10(16)14(19)17-6-4-9-7-11(13(18)15-20)21-12(9)8-17/h2,5,7,10,20H,3-4,6,8H2,1H3,(H,15,18). The highest BCUT2D eigenvalue weighted by Crippen LogP contribution is 2.29. The number of likely N-dealkylation sites (N-methyl/N-ethyl adjacent to an activating group) is 1. The zero-order chi connectivity index (χ0) is 15.0. The van der Waals surface area contributed by atoms with Crippen molar-refractivity contribution in [3.8, 4) is 0 Å². The second-order valence-corrected chi connectivity index (χ2v) is 6.45. The van der Waals surface area contributed by atoms with E-state index in [0.29, 0.717) is 18.0 Å². The molecule has 3 rings (SSSR count). The van der Waals surface area contributed by atoms with Gasteiger partial charge in [0.25, 0.3) is 5.91 Å². The molecule has 0 aromatic carbocycles. The smallest absolute Gasteiger partial charge is 0.284 e. The van der Waals surface area contributed by atoms with Gasteiger partial charge in [-0.2, -0.15) is 0 Å². The maximum atomic E-state index is 12.5. The number of rotatable bonds is 2. The molecule has 2 amide bonds. The van der Waals surface area contributed by atoms with Crippen LogP contribution in [-0.4, -0.2) is 46.5 Å². The van der Waals surface area contributed by atoms with E-state index in [9.17, 15) is 9.59 Å². The molecule has 1 aromatic rings. The molecule has 112 valence electrons. The monoisotopic (exact) mass is 307 g/mol. The van der Waals surface area contributed by atoms with Gasteiger partial charge >= 0.3 is 0 Å². The molecule has 0 radical (unpaired) electrons. The molecule has 3 heterocycles. The third-order valence-electron chi connectivity index (χ3n) is 4.00. The van der Waals surface area contributed by atoms with Crippen LogP contribution in [0.25, 0.3) is 0 Å². The number of hydroxylamine groups is 1. The van der Waals surface area contributed by atoms with E-state index in [0.717, 1.165) is 23.3 Å². The zero-order valence-corrected chi connectivity index (χ0v) is 12.5. The van der Waals surface area contributed by atoms with E-state index in [1.54, 1.807) is 11.5 Å². The molecule has 1 aromatic heterocycles. The van der Waals surface area contributed by atoms with Crippen LogP contribution >= 0.6 is 11.3 Å². The summed E-state index contributed by atoms with van der Waals surface area (Å²) in [6.07, 6.45) is 5.45. The molecule has 2 aliphatic heterocycles. The van der Waals surface area contributed by atoms with Gasteiger partial charge in [0, 0.05) is 18.5 Å². The summed E-state index contributed by atoms with van der Waals surface area (Å²) in [6.45, 7) is 1.22. The molecule has 2 N–H and O–H groups in total. The molecule has 0 fully saturated rings. The largest absolute Gasteiger partial charge is 0.369 e. The van der Waals surface area contributed by atoms with Crippen LogP contribution in [0.3, 0.4) is 0 Å². The van der Waals surface area contributed by atoms with Gasteiger partial charge in [-0.15, -0.1) is 11.3 Å². The summed E-state index contributed by atoms with van der Waals surface area (Å²) in [5.41, 5.74) is 2.75. The molecular formula is C14H17N3O3S. The number of nitrogens with one attached hydrogen (secondary N) is 1. The third kappa shape index (κ3) is 2.54. The molecule has 0 aliphatic carbocycles. The molecule has 6 nitrogen and oxygen atoms in total. The van der Waals surface area contributed by atoms with Gasteiger partial charge in [0.05, 0.1) is 11.4 Å². The summed E-state index contributed by atoms with van der Waals surface area (Å²) in [5, 5.41) is 8.69. The lowest BCUT2D eigenvalue weighted by Gasteiger charge is -2.31. The third-order valence-corrected chi connectivity index (χ3v) is 5.16. The van der Waals surface area contributed by atoms with Crippen LogP contribution in [0.15, 0.2) is 18.3 Å². The molecule has 0 saturated carbocycles. The van der Waals surface area contributed by atoms with Gasteiger partial charge in [0.1, 0.15) is 6.04 Å². The maximum absolute atomic E-state index is 12.5. The first-order valence-corrected chi connectivity index (χ1v) is 7.65. The molecule has 0 spiro atoms. The Balaban J connectivity index is 1.73. The second-order valence-electron chi connectivity index (χ2n) is 5.31. The highest BCUT2D eigenvalue weighted by Gasteiger charge is 2.31. The molecule has 21 heavy (non-hydrogen) atoms. The topological polar surface area (TPSA) is 72.9 Å². The quantitative estimate of drug-likeness (QED) is 0.631. The number of fused-ring (bicyclic) bond motifs is 1. The van der Waals surface area contributed by atoms with E-state index in [1.165, 1.54) is 11.3 Å². The fourth-order valence-electron chi connectivity index (χ4n) is 2.79. The summed E-state index contributed by atoms with van der Waals surface area (Å²) in [7, 11) is 1.91. The first kappa shape index (κ1) is 14.1. The van der Waals surface area contributed by atoms with Crippen molar-refractivity contribution < 1.29 is 14.8 Å². The zero-order valence-electron chi connectivity index (χ0n) is 11.7. The number of carbonyl (C=O) groups is 2. The predicted octanol–water partition coefficient (Wildman–Crippen LogP) is 0.970. The highest BCUT2D eigenvalue weighted by molar-refractivity contribution is 7.14. The summed E-state index contributed by atoms with van der Waals surface area (Å²) in [5.74, 6) is -0.360. The van der Waals surface area contributed by atoms with Crippen LogP contribution in [0, 0.1) is 0 Å². The molecule has 7 heteroatoms. The van der Waals surface area contributed by atoms with Gasteiger partial charge in [-0.3, -0.25) is 14.8 Å². The Labute approximate surface area is 126 Å². The van der Waals surface area contributed by atoms with Crippen molar-refractivity contribution in [1.29, 1.82) is 0 Å². The van der Waals surface area contributed by atoms with Crippen molar-refractivity contribution in [2.75, 3.05) is 13.6 Å². The average molecular weight is 307 g/mol. The van der Waals surface area contributed by atoms with Gasteiger partial charge in [-0.05, 0) is 30.7 Å². The van der Waals surface area contributed by atoms with E-state index in [4.69, 9.17) is 5.21 Å². The predicted molar refractivity (Wildman–Crippen MR) is 78.0 cm³/mol. The summed E-state index contributed by atoms with van der Waals surface area (Å²) in [4.78, 5) is 29.3. The second kappa shape index (κ2) is 5.50. The normalized spacial score (nSPS) is 20.6. The van der Waals surface area contributed by atoms with Gasteiger partial charge in [-0.25, -0.2) is 5.48 Å². The van der Waals surface area contributed by atoms with Crippen LogP contribution in [0.5, 0.6) is 0 Å². The number of hydrogen-bond donors (Lipinski definition) is 2. The number of hydrogen-bond acceptors (Lipinski definition) is 5. The molecular weight excluding hydrogens is 290 g/mol. The Morgan fingerprint density at radius 1 is 1.48 bits per heavy atom. The lowest BCUT2D eigenvalue weighted by Crippen LogP contribution is -2.45. The molecule has 0 bridgehead atoms. The van der Waals surface area contributed by atoms with E-state index >= 15 is 0 Å².